The van der Waals surface area contributed by atoms with Gasteiger partial charge < -0.3 is 15.6 Å². The number of nitrogens with zero attached hydrogens (tertiary/aromatic N) is 2. The van der Waals surface area contributed by atoms with Crippen molar-refractivity contribution in [2.45, 2.75) is 56.5 Å². The number of anilines is 1. The van der Waals surface area contributed by atoms with Crippen molar-refractivity contribution >= 4 is 40.3 Å². The highest BCUT2D eigenvalue weighted by Gasteiger charge is 2.19. The Hall–Kier alpha value is -2.80. The summed E-state index contributed by atoms with van der Waals surface area (Å²) >= 11 is 1.46. The Bertz CT molecular complexity index is 1010. The molecule has 2 amide bonds. The number of rotatable bonds is 10. The van der Waals surface area contributed by atoms with Crippen LogP contribution in [0.1, 0.15) is 49.9 Å². The molecule has 0 fully saturated rings. The minimum Gasteiger partial charge on any atom is -0.366 e. The highest BCUT2D eigenvalue weighted by molar-refractivity contribution is 8.00. The van der Waals surface area contributed by atoms with Gasteiger partial charge in [-0.15, -0.1) is 0 Å². The number of primary amides is 1. The summed E-state index contributed by atoms with van der Waals surface area (Å²) in [6, 6.07) is 14.7. The predicted octanol–water partition coefficient (Wildman–Crippen LogP) is 4.83. The second-order valence-corrected chi connectivity index (χ2v) is 8.59. The van der Waals surface area contributed by atoms with Crippen LogP contribution in [0.15, 0.2) is 53.7 Å². The maximum absolute atomic E-state index is 12.7. The lowest BCUT2D eigenvalue weighted by atomic mass is 10.2. The zero-order chi connectivity index (χ0) is 21.5. The summed E-state index contributed by atoms with van der Waals surface area (Å²) in [5, 5.41) is 3.43. The predicted molar refractivity (Wildman–Crippen MR) is 123 cm³/mol. The van der Waals surface area contributed by atoms with Crippen molar-refractivity contribution in [1.82, 2.24) is 9.55 Å². The molecule has 6 nitrogen and oxygen atoms in total. The van der Waals surface area contributed by atoms with Gasteiger partial charge >= 0.3 is 0 Å². The molecule has 0 spiro atoms. The van der Waals surface area contributed by atoms with E-state index in [1.54, 1.807) is 24.3 Å². The number of carbonyl (C=O) groups is 2. The molecule has 1 heterocycles. The number of carbonyl (C=O) groups excluding carboxylic acids is 2. The maximum Gasteiger partial charge on any atom is 0.248 e. The normalized spacial score (nSPS) is 12.1. The van der Waals surface area contributed by atoms with E-state index in [4.69, 9.17) is 10.7 Å². The number of aryl methyl sites for hydroxylation is 1. The smallest absolute Gasteiger partial charge is 0.248 e. The van der Waals surface area contributed by atoms with Crippen molar-refractivity contribution < 1.29 is 9.59 Å². The number of fused-ring (bicyclic) bond motifs is 1. The van der Waals surface area contributed by atoms with Crippen LogP contribution in [-0.2, 0) is 11.3 Å². The lowest BCUT2D eigenvalue weighted by Gasteiger charge is -2.14. The summed E-state index contributed by atoms with van der Waals surface area (Å²) in [6.07, 6.45) is 4.70. The largest absolute Gasteiger partial charge is 0.366 e. The zero-order valence-corrected chi connectivity index (χ0v) is 18.2. The van der Waals surface area contributed by atoms with Gasteiger partial charge in [0.1, 0.15) is 0 Å². The molecule has 0 bridgehead atoms. The van der Waals surface area contributed by atoms with Crippen LogP contribution in [0.5, 0.6) is 0 Å². The van der Waals surface area contributed by atoms with Crippen LogP contribution in [0.2, 0.25) is 0 Å². The number of nitrogens with one attached hydrogen (secondary N) is 1. The van der Waals surface area contributed by atoms with Crippen LogP contribution in [0, 0.1) is 0 Å². The molecule has 3 N–H and O–H groups in total. The van der Waals surface area contributed by atoms with Gasteiger partial charge in [0.25, 0.3) is 0 Å². The van der Waals surface area contributed by atoms with E-state index in [1.807, 2.05) is 25.1 Å². The topological polar surface area (TPSA) is 90.0 Å². The van der Waals surface area contributed by atoms with Crippen molar-refractivity contribution in [1.29, 1.82) is 0 Å². The summed E-state index contributed by atoms with van der Waals surface area (Å²) in [5.74, 6) is -0.606. The standard InChI is InChI=1S/C23H28N4O2S/c1-3-4-5-8-15-27-20-10-7-6-9-19(20)26-23(27)30-16(2)22(29)25-18-13-11-17(12-14-18)21(24)28/h6-7,9-14,16H,3-5,8,15H2,1-2H3,(H2,24,28)(H,25,29)/t16-/m1/s1. The number of hydrogen-bond acceptors (Lipinski definition) is 4. The fourth-order valence-corrected chi connectivity index (χ4v) is 4.18. The third kappa shape index (κ3) is 5.42. The summed E-state index contributed by atoms with van der Waals surface area (Å²) in [6.45, 7) is 4.97. The van der Waals surface area contributed by atoms with Gasteiger partial charge in [-0.1, -0.05) is 50.1 Å². The Balaban J connectivity index is 1.70. The molecule has 3 rings (SSSR count). The van der Waals surface area contributed by atoms with E-state index in [1.165, 1.54) is 31.0 Å². The van der Waals surface area contributed by atoms with E-state index in [0.717, 1.165) is 29.2 Å². The zero-order valence-electron chi connectivity index (χ0n) is 17.4. The summed E-state index contributed by atoms with van der Waals surface area (Å²) in [4.78, 5) is 28.7. The Morgan fingerprint density at radius 3 is 2.53 bits per heavy atom. The molecule has 0 saturated heterocycles. The number of aromatic nitrogens is 2. The molecule has 0 radical (unpaired) electrons. The Labute approximate surface area is 181 Å². The number of imidazole rings is 1. The van der Waals surface area contributed by atoms with Crippen LogP contribution in [0.4, 0.5) is 5.69 Å². The first-order chi connectivity index (χ1) is 14.5. The fourth-order valence-electron chi connectivity index (χ4n) is 3.23. The minimum absolute atomic E-state index is 0.114. The third-order valence-corrected chi connectivity index (χ3v) is 6.03. The molecule has 0 aliphatic rings. The monoisotopic (exact) mass is 424 g/mol. The Morgan fingerprint density at radius 1 is 1.10 bits per heavy atom. The van der Waals surface area contributed by atoms with Crippen LogP contribution in [0.25, 0.3) is 11.0 Å². The van der Waals surface area contributed by atoms with E-state index in [0.29, 0.717) is 11.3 Å². The molecular formula is C23H28N4O2S. The number of thioether (sulfide) groups is 1. The number of unbranched alkanes of at least 4 members (excludes halogenated alkanes) is 3. The molecule has 1 atom stereocenters. The first-order valence-electron chi connectivity index (χ1n) is 10.3. The number of amides is 2. The van der Waals surface area contributed by atoms with Gasteiger partial charge in [0.15, 0.2) is 5.16 Å². The van der Waals surface area contributed by atoms with Gasteiger partial charge in [-0.2, -0.15) is 0 Å². The van der Waals surface area contributed by atoms with E-state index < -0.39 is 5.91 Å². The minimum atomic E-state index is -0.491. The second kappa shape index (κ2) is 10.3. The highest BCUT2D eigenvalue weighted by Crippen LogP contribution is 2.28. The van der Waals surface area contributed by atoms with Crippen LogP contribution < -0.4 is 11.1 Å². The highest BCUT2D eigenvalue weighted by atomic mass is 32.2. The molecular weight excluding hydrogens is 396 g/mol. The fraction of sp³-hybridized carbons (Fsp3) is 0.348. The van der Waals surface area contributed by atoms with Crippen LogP contribution in [0.3, 0.4) is 0 Å². The molecule has 0 unspecified atom stereocenters. The maximum atomic E-state index is 12.7. The quantitative estimate of drug-likeness (QED) is 0.360. The van der Waals surface area contributed by atoms with Crippen molar-refractivity contribution in [3.8, 4) is 0 Å². The van der Waals surface area contributed by atoms with Gasteiger partial charge in [-0.05, 0) is 49.7 Å². The van der Waals surface area contributed by atoms with E-state index in [9.17, 15) is 9.59 Å². The summed E-state index contributed by atoms with van der Waals surface area (Å²) in [7, 11) is 0. The van der Waals surface area contributed by atoms with Crippen molar-refractivity contribution in [2.24, 2.45) is 5.73 Å². The van der Waals surface area contributed by atoms with E-state index in [-0.39, 0.29) is 11.2 Å². The van der Waals surface area contributed by atoms with E-state index in [2.05, 4.69) is 22.9 Å². The SMILES string of the molecule is CCCCCCn1c(S[C@H](C)C(=O)Nc2ccc(C(N)=O)cc2)nc2ccccc21. The van der Waals surface area contributed by atoms with E-state index >= 15 is 0 Å². The van der Waals surface area contributed by atoms with Crippen LogP contribution in [-0.4, -0.2) is 26.6 Å². The van der Waals surface area contributed by atoms with Crippen molar-refractivity contribution in [2.75, 3.05) is 5.32 Å². The van der Waals surface area contributed by atoms with Gasteiger partial charge in [0, 0.05) is 17.8 Å². The van der Waals surface area contributed by atoms with Crippen LogP contribution >= 0.6 is 11.8 Å². The number of hydrogen-bond donors (Lipinski definition) is 2. The number of para-hydroxylation sites is 2. The second-order valence-electron chi connectivity index (χ2n) is 7.29. The molecule has 0 aliphatic carbocycles. The molecule has 0 aliphatic heterocycles. The average molecular weight is 425 g/mol. The van der Waals surface area contributed by atoms with Crippen molar-refractivity contribution in [3.05, 3.63) is 54.1 Å². The molecule has 158 valence electrons. The molecule has 2 aromatic carbocycles. The number of nitrogens with two attached hydrogens (primary N) is 1. The summed E-state index contributed by atoms with van der Waals surface area (Å²) in [5.41, 5.74) is 8.35. The summed E-state index contributed by atoms with van der Waals surface area (Å²) < 4.78 is 2.22. The molecule has 7 heteroatoms. The molecule has 0 saturated carbocycles. The lowest BCUT2D eigenvalue weighted by Crippen LogP contribution is -2.23. The molecule has 30 heavy (non-hydrogen) atoms. The lowest BCUT2D eigenvalue weighted by molar-refractivity contribution is -0.115. The average Bonchev–Trinajstić information content (AvgIpc) is 3.08. The Kier molecular flexibility index (Phi) is 7.52. The van der Waals surface area contributed by atoms with Gasteiger partial charge in [0.05, 0.1) is 16.3 Å². The van der Waals surface area contributed by atoms with Gasteiger partial charge in [-0.3, -0.25) is 9.59 Å². The first kappa shape index (κ1) is 21.9. The first-order valence-corrected chi connectivity index (χ1v) is 11.2. The number of benzene rings is 2. The molecule has 3 aromatic rings. The van der Waals surface area contributed by atoms with Gasteiger partial charge in [0.2, 0.25) is 11.8 Å². The molecule has 1 aromatic heterocycles. The van der Waals surface area contributed by atoms with Gasteiger partial charge in [-0.25, -0.2) is 4.98 Å². The Morgan fingerprint density at radius 2 is 1.83 bits per heavy atom. The van der Waals surface area contributed by atoms with Crippen molar-refractivity contribution in [3.63, 3.8) is 0 Å². The third-order valence-electron chi connectivity index (χ3n) is 4.94.